The van der Waals surface area contributed by atoms with Crippen molar-refractivity contribution in [1.29, 1.82) is 0 Å². The highest BCUT2D eigenvalue weighted by Crippen LogP contribution is 2.29. The van der Waals surface area contributed by atoms with Crippen molar-refractivity contribution < 1.29 is 29.7 Å². The molecule has 0 amide bonds. The zero-order valence-corrected chi connectivity index (χ0v) is 13.1. The molecule has 0 spiro atoms. The second-order valence-electron chi connectivity index (χ2n) is 5.07. The highest BCUT2D eigenvalue weighted by molar-refractivity contribution is 5.66. The van der Waals surface area contributed by atoms with Crippen molar-refractivity contribution in [2.75, 3.05) is 0 Å². The average molecular weight is 332 g/mol. The first-order valence-electron chi connectivity index (χ1n) is 13.2. The number of aliphatic carboxylic acids is 1. The molecule has 0 aromatic heterocycles. The fourth-order valence-corrected chi connectivity index (χ4v) is 1.95. The molecule has 1 rings (SSSR count). The number of carboxylic acids is 1. The Labute approximate surface area is 156 Å². The van der Waals surface area contributed by atoms with Gasteiger partial charge >= 0.3 is 5.97 Å². The van der Waals surface area contributed by atoms with E-state index in [1.54, 1.807) is 6.08 Å². The van der Waals surface area contributed by atoms with Crippen molar-refractivity contribution in [2.24, 2.45) is 0 Å². The number of hydrogen-bond donors (Lipinski definition) is 1. The summed E-state index contributed by atoms with van der Waals surface area (Å²) in [6.45, 7) is -3.48. The van der Waals surface area contributed by atoms with Gasteiger partial charge in [0.1, 0.15) is 0 Å². The predicted octanol–water partition coefficient (Wildman–Crippen LogP) is 5.43. The molecule has 0 bridgehead atoms. The molecule has 1 N–H and O–H groups in total. The Hall–Kier alpha value is -1.35. The number of ether oxygens (including phenoxy) is 1. The molecule has 1 fully saturated rings. The number of unbranched alkanes of at least 4 members (excludes halogenated alkanes) is 1. The van der Waals surface area contributed by atoms with Crippen molar-refractivity contribution in [3.63, 3.8) is 0 Å². The minimum atomic E-state index is -3.64. The maximum atomic E-state index is 10.4. The van der Waals surface area contributed by atoms with E-state index in [9.17, 15) is 4.79 Å². The lowest BCUT2D eigenvalue weighted by molar-refractivity contribution is -0.137. The first kappa shape index (κ1) is 8.66. The van der Waals surface area contributed by atoms with Crippen LogP contribution in [0.15, 0.2) is 36.5 Å². The van der Waals surface area contributed by atoms with Gasteiger partial charge in [-0.15, -0.1) is 0 Å². The van der Waals surface area contributed by atoms with E-state index in [2.05, 4.69) is 0 Å². The van der Waals surface area contributed by atoms with Crippen LogP contribution in [0.25, 0.3) is 0 Å². The van der Waals surface area contributed by atoms with Crippen LogP contribution in [0.5, 0.6) is 0 Å². The van der Waals surface area contributed by atoms with Crippen LogP contribution in [0.2, 0.25) is 0 Å². The van der Waals surface area contributed by atoms with Crippen molar-refractivity contribution in [3.05, 3.63) is 36.5 Å². The van der Waals surface area contributed by atoms with Gasteiger partial charge in [-0.2, -0.15) is 0 Å². The van der Waals surface area contributed by atoms with Gasteiger partial charge in [0.15, 0.2) is 0 Å². The zero-order valence-electron chi connectivity index (χ0n) is 24.1. The fraction of sp³-hybridized carbons (Fsp3) is 0.650. The van der Waals surface area contributed by atoms with E-state index < -0.39 is 38.3 Å². The number of allylic oxidation sites excluding steroid dienone is 4. The number of epoxide rings is 1. The predicted molar refractivity (Wildman–Crippen MR) is 95.6 cm³/mol. The summed E-state index contributed by atoms with van der Waals surface area (Å²) in [5, 5.41) is 8.57. The molecule has 0 aromatic rings. The molecule has 0 unspecified atom stereocenters. The maximum Gasteiger partial charge on any atom is 0.303 e. The van der Waals surface area contributed by atoms with Crippen LogP contribution in [-0.2, 0) is 9.53 Å². The molecule has 0 saturated carbocycles. The van der Waals surface area contributed by atoms with E-state index in [0.29, 0.717) is 19.3 Å². The first-order chi connectivity index (χ1) is 15.4. The summed E-state index contributed by atoms with van der Waals surface area (Å²) in [4.78, 5) is 10.4. The minimum absolute atomic E-state index is 0.0545. The Morgan fingerprint density at radius 3 is 2.61 bits per heavy atom. The van der Waals surface area contributed by atoms with Crippen molar-refractivity contribution in [2.45, 2.75) is 83.1 Å². The minimum Gasteiger partial charge on any atom is -0.481 e. The smallest absolute Gasteiger partial charge is 0.303 e. The first-order valence-corrected chi connectivity index (χ1v) is 7.73. The molecule has 23 heavy (non-hydrogen) atoms. The molecule has 3 nitrogen and oxygen atoms in total. The average Bonchev–Trinajstić information content (AvgIpc) is 3.43. The lowest BCUT2D eigenvalue weighted by Gasteiger charge is -1.91. The number of rotatable bonds is 14. The summed E-state index contributed by atoms with van der Waals surface area (Å²) in [6, 6.07) is 0. The molecular weight excluding hydrogens is 288 g/mol. The second kappa shape index (κ2) is 13.1. The highest BCUT2D eigenvalue weighted by Gasteiger charge is 2.35. The van der Waals surface area contributed by atoms with E-state index in [-0.39, 0.29) is 25.0 Å². The summed E-state index contributed by atoms with van der Waals surface area (Å²) in [6.07, 6.45) is -1.05. The molecule has 0 aromatic carbocycles. The molecule has 130 valence electrons. The molecule has 0 radical (unpaired) electrons. The van der Waals surface area contributed by atoms with Gasteiger partial charge in [-0.3, -0.25) is 4.79 Å². The topological polar surface area (TPSA) is 49.8 Å². The second-order valence-corrected chi connectivity index (χ2v) is 5.07. The normalized spacial score (nSPS) is 31.0. The molecule has 1 saturated heterocycles. The SMILES string of the molecule is [2H]C([2H])([2H])C([2H])([2H])C([2H])([2H])C([2H])([2H])C([2H])([2H])/C=C\C/C=C\C[C@@H]1O[C@@H]1C/C=C\CCCC(=O)O. The van der Waals surface area contributed by atoms with Gasteiger partial charge < -0.3 is 9.84 Å². The van der Waals surface area contributed by atoms with Gasteiger partial charge in [-0.1, -0.05) is 56.1 Å². The monoisotopic (exact) mass is 331 g/mol. The summed E-state index contributed by atoms with van der Waals surface area (Å²) in [5.74, 6) is -0.812. The van der Waals surface area contributed by atoms with Gasteiger partial charge in [0.05, 0.1) is 12.2 Å². The van der Waals surface area contributed by atoms with E-state index in [4.69, 9.17) is 24.9 Å². The van der Waals surface area contributed by atoms with Crippen molar-refractivity contribution in [3.8, 4) is 0 Å². The molecule has 2 atom stereocenters. The van der Waals surface area contributed by atoms with Crippen LogP contribution < -0.4 is 0 Å². The van der Waals surface area contributed by atoms with Crippen molar-refractivity contribution in [1.82, 2.24) is 0 Å². The summed E-state index contributed by atoms with van der Waals surface area (Å²) >= 11 is 0. The third-order valence-electron chi connectivity index (χ3n) is 3.19. The Kier molecular flexibility index (Phi) is 4.94. The van der Waals surface area contributed by atoms with Crippen LogP contribution in [-0.4, -0.2) is 23.3 Å². The largest absolute Gasteiger partial charge is 0.481 e. The summed E-state index contributed by atoms with van der Waals surface area (Å²) in [7, 11) is 0. The van der Waals surface area contributed by atoms with Crippen LogP contribution >= 0.6 is 0 Å². The van der Waals surface area contributed by atoms with Crippen molar-refractivity contribution >= 4 is 5.97 Å². The Balaban J connectivity index is 2.51. The molecule has 0 aliphatic carbocycles. The van der Waals surface area contributed by atoms with E-state index in [1.807, 2.05) is 18.2 Å². The molecule has 1 aliphatic heterocycles. The lowest BCUT2D eigenvalue weighted by Crippen LogP contribution is -1.93. The molecule has 1 aliphatic rings. The van der Waals surface area contributed by atoms with E-state index in [1.165, 1.54) is 6.08 Å². The van der Waals surface area contributed by atoms with Gasteiger partial charge in [-0.05, 0) is 44.8 Å². The third kappa shape index (κ3) is 11.8. The molecular formula is C20H32O3. The number of carboxylic acid groups (broad SMARTS) is 1. The van der Waals surface area contributed by atoms with Gasteiger partial charge in [0.2, 0.25) is 0 Å². The summed E-state index contributed by atoms with van der Waals surface area (Å²) in [5.41, 5.74) is 0. The Morgan fingerprint density at radius 2 is 1.87 bits per heavy atom. The van der Waals surface area contributed by atoms with Gasteiger partial charge in [0, 0.05) is 21.5 Å². The van der Waals surface area contributed by atoms with Crippen LogP contribution in [0, 0.1) is 0 Å². The zero-order chi connectivity index (χ0) is 26.4. The van der Waals surface area contributed by atoms with E-state index in [0.717, 1.165) is 12.5 Å². The van der Waals surface area contributed by atoms with Crippen LogP contribution in [0.3, 0.4) is 0 Å². The number of carbonyl (C=O) groups is 1. The summed E-state index contributed by atoms with van der Waals surface area (Å²) < 4.78 is 89.4. The Morgan fingerprint density at radius 1 is 1.13 bits per heavy atom. The molecule has 3 heteroatoms. The highest BCUT2D eigenvalue weighted by atomic mass is 16.6. The standard InChI is InChI=1S/C20H32O3/c1-2-3-4-5-6-7-8-9-12-15-18-19(23-18)16-13-10-11-14-17-20(21)22/h6-7,9-10,12-13,18-19H,2-5,8,11,14-17H2,1H3,(H,21,22)/b7-6-,12-9-,13-10-/t18-,19+/m0/s1/i1D3,2D2,3D2,4D2,5D2. The maximum absolute atomic E-state index is 10.4. The quantitative estimate of drug-likeness (QED) is 0.262. The van der Waals surface area contributed by atoms with Gasteiger partial charge in [0.25, 0.3) is 0 Å². The van der Waals surface area contributed by atoms with Gasteiger partial charge in [-0.25, -0.2) is 0 Å². The third-order valence-corrected chi connectivity index (χ3v) is 3.19. The fourth-order valence-electron chi connectivity index (χ4n) is 1.95. The number of hydrogen-bond acceptors (Lipinski definition) is 2. The van der Waals surface area contributed by atoms with Crippen LogP contribution in [0.4, 0.5) is 0 Å². The Bertz CT molecular complexity index is 770. The van der Waals surface area contributed by atoms with Crippen LogP contribution in [0.1, 0.15) is 85.9 Å². The molecule has 1 heterocycles. The lowest BCUT2D eigenvalue weighted by atomic mass is 10.1. The van der Waals surface area contributed by atoms with E-state index >= 15 is 0 Å².